The van der Waals surface area contributed by atoms with Crippen LogP contribution in [0.4, 0.5) is 0 Å². The molecule has 0 radical (unpaired) electrons. The van der Waals surface area contributed by atoms with Gasteiger partial charge in [0.05, 0.1) is 16.7 Å². The number of hydrogen-bond donors (Lipinski definition) is 1. The van der Waals surface area contributed by atoms with Gasteiger partial charge in [0.1, 0.15) is 0 Å². The number of amides is 1. The average Bonchev–Trinajstić information content (AvgIpc) is 3.25. The molecular formula is C15H19Cl2NO2. The lowest BCUT2D eigenvalue weighted by Gasteiger charge is -2.25. The summed E-state index contributed by atoms with van der Waals surface area (Å²) < 4.78 is 0. The summed E-state index contributed by atoms with van der Waals surface area (Å²) in [7, 11) is 0. The van der Waals surface area contributed by atoms with Crippen LogP contribution in [0.25, 0.3) is 0 Å². The molecule has 0 bridgehead atoms. The molecule has 0 heterocycles. The van der Waals surface area contributed by atoms with Crippen LogP contribution in [-0.4, -0.2) is 29.1 Å². The molecule has 2 rings (SSSR count). The van der Waals surface area contributed by atoms with E-state index in [9.17, 15) is 4.79 Å². The number of carbonyl (C=O) groups is 1. The van der Waals surface area contributed by atoms with Crippen molar-refractivity contribution < 1.29 is 9.90 Å². The summed E-state index contributed by atoms with van der Waals surface area (Å²) in [6.07, 6.45) is 2.26. The lowest BCUT2D eigenvalue weighted by atomic mass is 10.0. The molecule has 1 aliphatic carbocycles. The van der Waals surface area contributed by atoms with Gasteiger partial charge in [0.2, 0.25) is 5.91 Å². The summed E-state index contributed by atoms with van der Waals surface area (Å²) in [5, 5.41) is 10.1. The number of aliphatic hydroxyl groups excluding tert-OH is 1. The fraction of sp³-hybridized carbons (Fsp3) is 0.533. The third kappa shape index (κ3) is 3.87. The average molecular weight is 316 g/mol. The zero-order valence-electron chi connectivity index (χ0n) is 11.5. The first-order valence-corrected chi connectivity index (χ1v) is 7.62. The van der Waals surface area contributed by atoms with Gasteiger partial charge in [-0.05, 0) is 36.5 Å². The molecule has 5 heteroatoms. The molecule has 1 amide bonds. The van der Waals surface area contributed by atoms with Crippen LogP contribution < -0.4 is 0 Å². The predicted molar refractivity (Wildman–Crippen MR) is 80.9 cm³/mol. The number of nitrogens with zero attached hydrogens (tertiary/aromatic N) is 1. The largest absolute Gasteiger partial charge is 0.395 e. The van der Waals surface area contributed by atoms with Crippen LogP contribution in [0.2, 0.25) is 10.0 Å². The fourth-order valence-electron chi connectivity index (χ4n) is 2.33. The second-order valence-corrected chi connectivity index (χ2v) is 6.17. The minimum absolute atomic E-state index is 0.0318. The topological polar surface area (TPSA) is 40.5 Å². The Kier molecular flexibility index (Phi) is 5.30. The smallest absolute Gasteiger partial charge is 0.226 e. The Morgan fingerprint density at radius 2 is 2.10 bits per heavy atom. The predicted octanol–water partition coefficient (Wildman–Crippen LogP) is 3.36. The van der Waals surface area contributed by atoms with Crippen molar-refractivity contribution in [1.29, 1.82) is 0 Å². The van der Waals surface area contributed by atoms with Crippen molar-refractivity contribution in [2.75, 3.05) is 13.2 Å². The number of aliphatic hydroxyl groups is 1. The molecule has 1 saturated carbocycles. The van der Waals surface area contributed by atoms with E-state index in [1.807, 2.05) is 13.0 Å². The molecule has 1 atom stereocenters. The van der Waals surface area contributed by atoms with E-state index in [1.165, 1.54) is 0 Å². The van der Waals surface area contributed by atoms with Crippen LogP contribution in [0.1, 0.15) is 25.3 Å². The van der Waals surface area contributed by atoms with Crippen molar-refractivity contribution in [2.24, 2.45) is 11.8 Å². The zero-order chi connectivity index (χ0) is 14.7. The maximum atomic E-state index is 12.4. The molecule has 1 aromatic rings. The second kappa shape index (κ2) is 6.79. The second-order valence-electron chi connectivity index (χ2n) is 5.36. The van der Waals surface area contributed by atoms with Gasteiger partial charge in [-0.1, -0.05) is 36.2 Å². The van der Waals surface area contributed by atoms with Crippen molar-refractivity contribution in [2.45, 2.75) is 26.3 Å². The van der Waals surface area contributed by atoms with Gasteiger partial charge < -0.3 is 10.0 Å². The first-order valence-electron chi connectivity index (χ1n) is 6.86. The number of rotatable bonds is 6. The maximum absolute atomic E-state index is 12.4. The van der Waals surface area contributed by atoms with Crippen molar-refractivity contribution >= 4 is 29.1 Å². The summed E-state index contributed by atoms with van der Waals surface area (Å²) in [6, 6.07) is 5.35. The number of carbonyl (C=O) groups excluding carboxylic acids is 1. The lowest BCUT2D eigenvalue weighted by molar-refractivity contribution is -0.136. The molecule has 0 aromatic heterocycles. The Bertz CT molecular complexity index is 489. The quantitative estimate of drug-likeness (QED) is 0.874. The number of hydrogen-bond acceptors (Lipinski definition) is 2. The summed E-state index contributed by atoms with van der Waals surface area (Å²) >= 11 is 11.9. The Morgan fingerprint density at radius 1 is 1.40 bits per heavy atom. The molecule has 3 nitrogen and oxygen atoms in total. The first-order chi connectivity index (χ1) is 9.52. The normalized spacial score (nSPS) is 16.0. The van der Waals surface area contributed by atoms with E-state index in [2.05, 4.69) is 0 Å². The van der Waals surface area contributed by atoms with Gasteiger partial charge in [0.25, 0.3) is 0 Å². The Hall–Kier alpha value is -0.770. The molecule has 1 fully saturated rings. The highest BCUT2D eigenvalue weighted by atomic mass is 35.5. The molecule has 1 aliphatic rings. The van der Waals surface area contributed by atoms with Gasteiger partial charge in [0, 0.05) is 19.0 Å². The van der Waals surface area contributed by atoms with Crippen molar-refractivity contribution in [3.63, 3.8) is 0 Å². The number of benzene rings is 1. The highest BCUT2D eigenvalue weighted by molar-refractivity contribution is 6.42. The Balaban J connectivity index is 2.07. The van der Waals surface area contributed by atoms with E-state index in [1.54, 1.807) is 17.0 Å². The molecule has 1 unspecified atom stereocenters. The first kappa shape index (κ1) is 15.6. The van der Waals surface area contributed by atoms with Gasteiger partial charge in [-0.25, -0.2) is 0 Å². The third-order valence-corrected chi connectivity index (χ3v) is 4.50. The highest BCUT2D eigenvalue weighted by Gasteiger charge is 2.34. The molecule has 1 N–H and O–H groups in total. The monoisotopic (exact) mass is 315 g/mol. The summed E-state index contributed by atoms with van der Waals surface area (Å²) in [5.74, 6) is 0.648. The summed E-state index contributed by atoms with van der Waals surface area (Å²) in [4.78, 5) is 14.1. The number of halogens is 2. The minimum atomic E-state index is -0.0373. The molecule has 0 spiro atoms. The van der Waals surface area contributed by atoms with Crippen molar-refractivity contribution in [3.8, 4) is 0 Å². The zero-order valence-corrected chi connectivity index (χ0v) is 13.0. The highest BCUT2D eigenvalue weighted by Crippen LogP contribution is 2.37. The molecule has 110 valence electrons. The van der Waals surface area contributed by atoms with Gasteiger partial charge in [-0.2, -0.15) is 0 Å². The Morgan fingerprint density at radius 3 is 2.65 bits per heavy atom. The van der Waals surface area contributed by atoms with E-state index < -0.39 is 0 Å². The minimum Gasteiger partial charge on any atom is -0.395 e. The van der Waals surface area contributed by atoms with E-state index in [0.29, 0.717) is 29.1 Å². The third-order valence-electron chi connectivity index (χ3n) is 3.76. The molecule has 1 aromatic carbocycles. The van der Waals surface area contributed by atoms with E-state index in [0.717, 1.165) is 18.4 Å². The Labute approximate surface area is 129 Å². The van der Waals surface area contributed by atoms with Crippen LogP contribution in [0.15, 0.2) is 18.2 Å². The van der Waals surface area contributed by atoms with Crippen LogP contribution in [-0.2, 0) is 11.3 Å². The van der Waals surface area contributed by atoms with Gasteiger partial charge in [0.15, 0.2) is 0 Å². The molecule has 0 aliphatic heterocycles. The lowest BCUT2D eigenvalue weighted by Crippen LogP contribution is -2.37. The van der Waals surface area contributed by atoms with Crippen molar-refractivity contribution in [3.05, 3.63) is 33.8 Å². The standard InChI is InChI=1S/C15H19Cl2NO2/c1-10(12-3-4-12)15(20)18(6-7-19)9-11-2-5-13(16)14(17)8-11/h2,5,8,10,12,19H,3-4,6-7,9H2,1H3. The van der Waals surface area contributed by atoms with Crippen LogP contribution >= 0.6 is 23.2 Å². The van der Waals surface area contributed by atoms with Gasteiger partial charge in [-0.15, -0.1) is 0 Å². The molecule has 0 saturated heterocycles. The SMILES string of the molecule is CC(C(=O)N(CCO)Cc1ccc(Cl)c(Cl)c1)C1CC1. The van der Waals surface area contributed by atoms with Crippen LogP contribution in [0.5, 0.6) is 0 Å². The molecular weight excluding hydrogens is 297 g/mol. The van der Waals surface area contributed by atoms with E-state index in [4.69, 9.17) is 28.3 Å². The van der Waals surface area contributed by atoms with Crippen LogP contribution in [0, 0.1) is 11.8 Å². The van der Waals surface area contributed by atoms with Gasteiger partial charge in [-0.3, -0.25) is 4.79 Å². The van der Waals surface area contributed by atoms with Gasteiger partial charge >= 0.3 is 0 Å². The van der Waals surface area contributed by atoms with E-state index >= 15 is 0 Å². The van der Waals surface area contributed by atoms with Crippen molar-refractivity contribution in [1.82, 2.24) is 4.90 Å². The molecule has 20 heavy (non-hydrogen) atoms. The fourth-order valence-corrected chi connectivity index (χ4v) is 2.65. The van der Waals surface area contributed by atoms with E-state index in [-0.39, 0.29) is 18.4 Å². The summed E-state index contributed by atoms with van der Waals surface area (Å²) in [6.45, 7) is 2.73. The summed E-state index contributed by atoms with van der Waals surface area (Å²) in [5.41, 5.74) is 0.921. The van der Waals surface area contributed by atoms with Crippen LogP contribution in [0.3, 0.4) is 0 Å². The maximum Gasteiger partial charge on any atom is 0.226 e.